The van der Waals surface area contributed by atoms with E-state index in [9.17, 15) is 9.59 Å². The van der Waals surface area contributed by atoms with Gasteiger partial charge in [-0.1, -0.05) is 0 Å². The fourth-order valence-electron chi connectivity index (χ4n) is 1.22. The summed E-state index contributed by atoms with van der Waals surface area (Å²) < 4.78 is 0. The molecule has 0 aliphatic heterocycles. The third-order valence-electron chi connectivity index (χ3n) is 1.77. The van der Waals surface area contributed by atoms with Crippen LogP contribution in [0.15, 0.2) is 18.2 Å². The normalized spacial score (nSPS) is 9.06. The molecule has 0 atom stereocenters. The highest BCUT2D eigenvalue weighted by Crippen LogP contribution is 2.20. The number of hydrogen-bond acceptors (Lipinski definition) is 3. The maximum Gasteiger partial charge on any atom is 0.221 e. The summed E-state index contributed by atoms with van der Waals surface area (Å²) in [6.45, 7) is 2.74. The summed E-state index contributed by atoms with van der Waals surface area (Å²) >= 11 is 0. The summed E-state index contributed by atoms with van der Waals surface area (Å²) in [5.74, 6) is -0.477. The SMILES string of the molecule is CC(=O)Nc1ccc(C#N)c(NC(C)=O)c1. The fourth-order valence-corrected chi connectivity index (χ4v) is 1.22. The number of carbonyl (C=O) groups is 2. The number of nitriles is 1. The molecule has 1 aromatic rings. The summed E-state index contributed by atoms with van der Waals surface area (Å²) in [5, 5.41) is 13.9. The van der Waals surface area contributed by atoms with Crippen molar-refractivity contribution in [3.8, 4) is 6.07 Å². The molecule has 2 N–H and O–H groups in total. The second-order valence-corrected chi connectivity index (χ2v) is 3.23. The first-order valence-electron chi connectivity index (χ1n) is 4.62. The van der Waals surface area contributed by atoms with Gasteiger partial charge >= 0.3 is 0 Å². The maximum absolute atomic E-state index is 10.9. The molecule has 0 bridgehead atoms. The van der Waals surface area contributed by atoms with Crippen LogP contribution in [0, 0.1) is 11.3 Å². The zero-order chi connectivity index (χ0) is 12.1. The lowest BCUT2D eigenvalue weighted by Crippen LogP contribution is -2.10. The average Bonchev–Trinajstić information content (AvgIpc) is 2.16. The summed E-state index contributed by atoms with van der Waals surface area (Å²) in [6, 6.07) is 6.64. The Morgan fingerprint density at radius 2 is 1.81 bits per heavy atom. The largest absolute Gasteiger partial charge is 0.326 e. The summed E-state index contributed by atoms with van der Waals surface area (Å²) in [5.41, 5.74) is 1.28. The van der Waals surface area contributed by atoms with Crippen molar-refractivity contribution in [2.75, 3.05) is 10.6 Å². The molecule has 5 heteroatoms. The topological polar surface area (TPSA) is 82.0 Å². The molecule has 1 rings (SSSR count). The highest BCUT2D eigenvalue weighted by molar-refractivity contribution is 5.93. The summed E-state index contributed by atoms with van der Waals surface area (Å²) in [4.78, 5) is 21.7. The average molecular weight is 217 g/mol. The minimum Gasteiger partial charge on any atom is -0.326 e. The molecular formula is C11H11N3O2. The number of amides is 2. The van der Waals surface area contributed by atoms with E-state index in [1.54, 1.807) is 12.1 Å². The van der Waals surface area contributed by atoms with Crippen LogP contribution in [0.3, 0.4) is 0 Å². The molecule has 0 unspecified atom stereocenters. The summed E-state index contributed by atoms with van der Waals surface area (Å²) in [7, 11) is 0. The molecule has 0 heterocycles. The van der Waals surface area contributed by atoms with Crippen molar-refractivity contribution in [3.63, 3.8) is 0 Å². The number of nitrogens with zero attached hydrogens (tertiary/aromatic N) is 1. The van der Waals surface area contributed by atoms with Gasteiger partial charge in [0.15, 0.2) is 0 Å². The fraction of sp³-hybridized carbons (Fsp3) is 0.182. The van der Waals surface area contributed by atoms with E-state index in [1.165, 1.54) is 19.9 Å². The van der Waals surface area contributed by atoms with Gasteiger partial charge in [0.1, 0.15) is 6.07 Å². The van der Waals surface area contributed by atoms with Crippen molar-refractivity contribution in [2.45, 2.75) is 13.8 Å². The van der Waals surface area contributed by atoms with Crippen LogP contribution >= 0.6 is 0 Å². The monoisotopic (exact) mass is 217 g/mol. The van der Waals surface area contributed by atoms with Gasteiger partial charge in [-0.25, -0.2) is 0 Å². The van der Waals surface area contributed by atoms with Crippen LogP contribution < -0.4 is 10.6 Å². The highest BCUT2D eigenvalue weighted by atomic mass is 16.2. The number of carbonyl (C=O) groups excluding carboxylic acids is 2. The van der Waals surface area contributed by atoms with Gasteiger partial charge in [-0.05, 0) is 18.2 Å². The lowest BCUT2D eigenvalue weighted by Gasteiger charge is -2.07. The van der Waals surface area contributed by atoms with Gasteiger partial charge in [0.2, 0.25) is 11.8 Å². The first-order valence-corrected chi connectivity index (χ1v) is 4.62. The predicted molar refractivity (Wildman–Crippen MR) is 59.8 cm³/mol. The molecule has 82 valence electrons. The van der Waals surface area contributed by atoms with Gasteiger partial charge < -0.3 is 10.6 Å². The van der Waals surface area contributed by atoms with Crippen LogP contribution in [0.4, 0.5) is 11.4 Å². The first-order chi connectivity index (χ1) is 7.52. The van der Waals surface area contributed by atoms with E-state index in [-0.39, 0.29) is 11.8 Å². The van der Waals surface area contributed by atoms with Crippen LogP contribution in [-0.4, -0.2) is 11.8 Å². The minimum absolute atomic E-state index is 0.210. The smallest absolute Gasteiger partial charge is 0.221 e. The molecule has 0 saturated carbocycles. The van der Waals surface area contributed by atoms with E-state index in [0.29, 0.717) is 16.9 Å². The van der Waals surface area contributed by atoms with Crippen molar-refractivity contribution in [2.24, 2.45) is 0 Å². The Morgan fingerprint density at radius 3 is 2.31 bits per heavy atom. The van der Waals surface area contributed by atoms with Crippen molar-refractivity contribution < 1.29 is 9.59 Å². The van der Waals surface area contributed by atoms with Crippen molar-refractivity contribution in [1.82, 2.24) is 0 Å². The third kappa shape index (κ3) is 3.10. The van der Waals surface area contributed by atoms with E-state index in [1.807, 2.05) is 6.07 Å². The molecule has 1 aromatic carbocycles. The Balaban J connectivity index is 3.06. The van der Waals surface area contributed by atoms with Gasteiger partial charge in [0.25, 0.3) is 0 Å². The number of anilines is 2. The van der Waals surface area contributed by atoms with Crippen molar-refractivity contribution >= 4 is 23.2 Å². The Kier molecular flexibility index (Phi) is 3.62. The van der Waals surface area contributed by atoms with Gasteiger partial charge in [0, 0.05) is 19.5 Å². The molecule has 0 aliphatic carbocycles. The second-order valence-electron chi connectivity index (χ2n) is 3.23. The van der Waals surface area contributed by atoms with Gasteiger partial charge in [-0.15, -0.1) is 0 Å². The highest BCUT2D eigenvalue weighted by Gasteiger charge is 2.05. The first kappa shape index (κ1) is 11.7. The Hall–Kier alpha value is -2.35. The van der Waals surface area contributed by atoms with E-state index in [0.717, 1.165) is 0 Å². The molecule has 0 aliphatic rings. The Labute approximate surface area is 93.1 Å². The number of hydrogen-bond donors (Lipinski definition) is 2. The van der Waals surface area contributed by atoms with Gasteiger partial charge in [0.05, 0.1) is 11.3 Å². The van der Waals surface area contributed by atoms with E-state index >= 15 is 0 Å². The zero-order valence-electron chi connectivity index (χ0n) is 9.00. The quantitative estimate of drug-likeness (QED) is 0.787. The number of rotatable bonds is 2. The van der Waals surface area contributed by atoms with Crippen molar-refractivity contribution in [1.29, 1.82) is 5.26 Å². The van der Waals surface area contributed by atoms with Crippen LogP contribution in [-0.2, 0) is 9.59 Å². The van der Waals surface area contributed by atoms with E-state index < -0.39 is 0 Å². The Morgan fingerprint density at radius 1 is 1.19 bits per heavy atom. The molecule has 0 spiro atoms. The zero-order valence-corrected chi connectivity index (χ0v) is 9.00. The van der Waals surface area contributed by atoms with Crippen LogP contribution in [0.5, 0.6) is 0 Å². The molecule has 2 amide bonds. The minimum atomic E-state index is -0.267. The molecule has 5 nitrogen and oxygen atoms in total. The molecule has 0 saturated heterocycles. The van der Waals surface area contributed by atoms with Crippen LogP contribution in [0.1, 0.15) is 19.4 Å². The standard InChI is InChI=1S/C11H11N3O2/c1-7(15)13-10-4-3-9(6-12)11(5-10)14-8(2)16/h3-5H,1-2H3,(H,13,15)(H,14,16). The number of nitrogens with one attached hydrogen (secondary N) is 2. The molecule has 16 heavy (non-hydrogen) atoms. The lowest BCUT2D eigenvalue weighted by molar-refractivity contribution is -0.115. The molecule has 0 aromatic heterocycles. The van der Waals surface area contributed by atoms with E-state index in [2.05, 4.69) is 10.6 Å². The predicted octanol–water partition coefficient (Wildman–Crippen LogP) is 1.48. The summed E-state index contributed by atoms with van der Waals surface area (Å²) in [6.07, 6.45) is 0. The lowest BCUT2D eigenvalue weighted by atomic mass is 10.1. The Bertz CT molecular complexity index is 475. The second kappa shape index (κ2) is 4.94. The van der Waals surface area contributed by atoms with Crippen molar-refractivity contribution in [3.05, 3.63) is 23.8 Å². The third-order valence-corrected chi connectivity index (χ3v) is 1.77. The van der Waals surface area contributed by atoms with E-state index in [4.69, 9.17) is 5.26 Å². The van der Waals surface area contributed by atoms with Gasteiger partial charge in [-0.2, -0.15) is 5.26 Å². The molecule has 0 fully saturated rings. The molecular weight excluding hydrogens is 206 g/mol. The van der Waals surface area contributed by atoms with Crippen LogP contribution in [0.25, 0.3) is 0 Å². The number of benzene rings is 1. The molecule has 0 radical (unpaired) electrons. The maximum atomic E-state index is 10.9. The van der Waals surface area contributed by atoms with Crippen LogP contribution in [0.2, 0.25) is 0 Å². The van der Waals surface area contributed by atoms with Gasteiger partial charge in [-0.3, -0.25) is 9.59 Å².